The van der Waals surface area contributed by atoms with Crippen molar-refractivity contribution < 1.29 is 4.42 Å². The third-order valence-electron chi connectivity index (χ3n) is 3.07. The van der Waals surface area contributed by atoms with Gasteiger partial charge in [-0.05, 0) is 25.0 Å². The summed E-state index contributed by atoms with van der Waals surface area (Å²) in [6, 6.07) is 3.78. The zero-order valence-electron chi connectivity index (χ0n) is 10.5. The van der Waals surface area contributed by atoms with Crippen LogP contribution in [0.4, 0.5) is 0 Å². The van der Waals surface area contributed by atoms with Crippen molar-refractivity contribution in [2.45, 2.75) is 26.7 Å². The molecule has 0 bridgehead atoms. The summed E-state index contributed by atoms with van der Waals surface area (Å²) in [5, 5.41) is 0. The Labute approximate surface area is 101 Å². The van der Waals surface area contributed by atoms with Crippen LogP contribution in [0.3, 0.4) is 0 Å². The molecule has 4 nitrogen and oxygen atoms in total. The summed E-state index contributed by atoms with van der Waals surface area (Å²) in [7, 11) is 0. The van der Waals surface area contributed by atoms with Gasteiger partial charge < -0.3 is 15.1 Å². The molecule has 0 aromatic carbocycles. The second-order valence-corrected chi connectivity index (χ2v) is 4.66. The molecule has 92 valence electrons. The highest BCUT2D eigenvalue weighted by Gasteiger charge is 2.20. The van der Waals surface area contributed by atoms with Crippen molar-refractivity contribution in [2.75, 3.05) is 6.54 Å². The Hall–Kier alpha value is -1.55. The fraction of sp³-hybridized carbons (Fsp3) is 0.462. The third kappa shape index (κ3) is 2.26. The summed E-state index contributed by atoms with van der Waals surface area (Å²) in [6.45, 7) is 6.91. The van der Waals surface area contributed by atoms with Crippen LogP contribution in [0.1, 0.15) is 31.3 Å². The van der Waals surface area contributed by atoms with Crippen LogP contribution in [0, 0.1) is 12.8 Å². The van der Waals surface area contributed by atoms with E-state index in [0.29, 0.717) is 12.5 Å². The lowest BCUT2D eigenvalue weighted by Gasteiger charge is -2.15. The lowest BCUT2D eigenvalue weighted by Crippen LogP contribution is -2.19. The van der Waals surface area contributed by atoms with Crippen LogP contribution in [-0.2, 0) is 0 Å². The molecular formula is C13H19N3O. The molecule has 4 heteroatoms. The fourth-order valence-electron chi connectivity index (χ4n) is 2.01. The molecule has 1 atom stereocenters. The maximum Gasteiger partial charge on any atom is 0.154 e. The van der Waals surface area contributed by atoms with E-state index < -0.39 is 0 Å². The zero-order valence-corrected chi connectivity index (χ0v) is 10.5. The molecule has 0 saturated heterocycles. The lowest BCUT2D eigenvalue weighted by atomic mass is 9.95. The van der Waals surface area contributed by atoms with Crippen molar-refractivity contribution >= 4 is 0 Å². The first-order valence-electron chi connectivity index (χ1n) is 5.94. The van der Waals surface area contributed by atoms with E-state index in [2.05, 4.69) is 23.8 Å². The number of nitrogens with two attached hydrogens (primary N) is 1. The average Bonchev–Trinajstić information content (AvgIpc) is 2.87. The summed E-state index contributed by atoms with van der Waals surface area (Å²) >= 11 is 0. The Morgan fingerprint density at radius 1 is 1.47 bits per heavy atom. The normalized spacial score (nSPS) is 13.2. The largest absolute Gasteiger partial charge is 0.463 e. The minimum Gasteiger partial charge on any atom is -0.463 e. The van der Waals surface area contributed by atoms with Gasteiger partial charge in [-0.25, -0.2) is 4.98 Å². The molecule has 0 aliphatic rings. The van der Waals surface area contributed by atoms with E-state index in [-0.39, 0.29) is 5.92 Å². The van der Waals surface area contributed by atoms with Crippen LogP contribution in [-0.4, -0.2) is 16.5 Å². The minimum atomic E-state index is 0.261. The quantitative estimate of drug-likeness (QED) is 0.853. The average molecular weight is 233 g/mol. The second-order valence-electron chi connectivity index (χ2n) is 4.66. The molecular weight excluding hydrogens is 214 g/mol. The van der Waals surface area contributed by atoms with Crippen LogP contribution in [0.25, 0.3) is 11.5 Å². The monoisotopic (exact) mass is 233 g/mol. The molecule has 1 unspecified atom stereocenters. The van der Waals surface area contributed by atoms with E-state index >= 15 is 0 Å². The van der Waals surface area contributed by atoms with Crippen LogP contribution in [0.2, 0.25) is 0 Å². The first kappa shape index (κ1) is 11.9. The first-order chi connectivity index (χ1) is 8.13. The predicted molar refractivity (Wildman–Crippen MR) is 67.7 cm³/mol. The van der Waals surface area contributed by atoms with Gasteiger partial charge in [0.25, 0.3) is 0 Å². The number of nitrogens with zero attached hydrogens (tertiary/aromatic N) is 1. The summed E-state index contributed by atoms with van der Waals surface area (Å²) in [5.41, 5.74) is 7.70. The Morgan fingerprint density at radius 3 is 2.76 bits per heavy atom. The van der Waals surface area contributed by atoms with Crippen LogP contribution in [0.5, 0.6) is 0 Å². The SMILES string of the molecule is Cc1[nH]c(C(CN)C(C)C)nc1-c1ccco1. The molecule has 2 rings (SSSR count). The Balaban J connectivity index is 2.36. The summed E-state index contributed by atoms with van der Waals surface area (Å²) in [4.78, 5) is 7.93. The smallest absolute Gasteiger partial charge is 0.154 e. The van der Waals surface area contributed by atoms with Crippen LogP contribution >= 0.6 is 0 Å². The van der Waals surface area contributed by atoms with E-state index in [9.17, 15) is 0 Å². The molecule has 0 fully saturated rings. The van der Waals surface area contributed by atoms with Gasteiger partial charge >= 0.3 is 0 Å². The van der Waals surface area contributed by atoms with Crippen molar-refractivity contribution in [3.8, 4) is 11.5 Å². The van der Waals surface area contributed by atoms with Crippen LogP contribution in [0.15, 0.2) is 22.8 Å². The Kier molecular flexibility index (Phi) is 3.33. The van der Waals surface area contributed by atoms with Gasteiger partial charge in [0.15, 0.2) is 5.76 Å². The van der Waals surface area contributed by atoms with Crippen molar-refractivity contribution in [3.63, 3.8) is 0 Å². The molecule has 0 saturated carbocycles. The maximum absolute atomic E-state index is 5.80. The molecule has 0 aliphatic heterocycles. The zero-order chi connectivity index (χ0) is 12.4. The summed E-state index contributed by atoms with van der Waals surface area (Å²) < 4.78 is 5.37. The highest BCUT2D eigenvalue weighted by molar-refractivity contribution is 5.55. The Morgan fingerprint density at radius 2 is 2.24 bits per heavy atom. The molecule has 17 heavy (non-hydrogen) atoms. The van der Waals surface area contributed by atoms with E-state index in [1.165, 1.54) is 0 Å². The Bertz CT molecular complexity index is 471. The van der Waals surface area contributed by atoms with E-state index in [0.717, 1.165) is 23.0 Å². The molecule has 0 amide bonds. The molecule has 0 aliphatic carbocycles. The molecule has 2 aromatic rings. The van der Waals surface area contributed by atoms with Gasteiger partial charge in [0.05, 0.1) is 6.26 Å². The van der Waals surface area contributed by atoms with Crippen molar-refractivity contribution in [3.05, 3.63) is 29.9 Å². The highest BCUT2D eigenvalue weighted by atomic mass is 16.3. The van der Waals surface area contributed by atoms with Gasteiger partial charge in [-0.15, -0.1) is 0 Å². The standard InChI is InChI=1S/C13H19N3O/c1-8(2)10(7-14)13-15-9(3)12(16-13)11-5-4-6-17-11/h4-6,8,10H,7,14H2,1-3H3,(H,15,16). The number of H-pyrrole nitrogens is 1. The number of aromatic amines is 1. The molecule has 0 spiro atoms. The first-order valence-corrected chi connectivity index (χ1v) is 5.94. The topological polar surface area (TPSA) is 67.8 Å². The lowest BCUT2D eigenvalue weighted by molar-refractivity contribution is 0.486. The number of nitrogens with one attached hydrogen (secondary N) is 1. The molecule has 3 N–H and O–H groups in total. The van der Waals surface area contributed by atoms with Gasteiger partial charge in [0, 0.05) is 18.2 Å². The van der Waals surface area contributed by atoms with E-state index in [1.807, 2.05) is 19.1 Å². The predicted octanol–water partition coefficient (Wildman–Crippen LogP) is 2.68. The van der Waals surface area contributed by atoms with Crippen LogP contribution < -0.4 is 5.73 Å². The summed E-state index contributed by atoms with van der Waals surface area (Å²) in [5.74, 6) is 2.48. The van der Waals surface area contributed by atoms with Crippen molar-refractivity contribution in [2.24, 2.45) is 11.7 Å². The minimum absolute atomic E-state index is 0.261. The number of rotatable bonds is 4. The number of aromatic nitrogens is 2. The number of hydrogen-bond acceptors (Lipinski definition) is 3. The molecule has 0 radical (unpaired) electrons. The van der Waals surface area contributed by atoms with Gasteiger partial charge in [-0.1, -0.05) is 13.8 Å². The van der Waals surface area contributed by atoms with Gasteiger partial charge in [-0.2, -0.15) is 0 Å². The third-order valence-corrected chi connectivity index (χ3v) is 3.07. The van der Waals surface area contributed by atoms with Gasteiger partial charge in [0.2, 0.25) is 0 Å². The van der Waals surface area contributed by atoms with Crippen molar-refractivity contribution in [1.29, 1.82) is 0 Å². The number of furan rings is 1. The van der Waals surface area contributed by atoms with Gasteiger partial charge in [-0.3, -0.25) is 0 Å². The molecule has 2 heterocycles. The highest BCUT2D eigenvalue weighted by Crippen LogP contribution is 2.27. The second kappa shape index (κ2) is 4.75. The number of hydrogen-bond donors (Lipinski definition) is 2. The molecule has 2 aromatic heterocycles. The van der Waals surface area contributed by atoms with E-state index in [4.69, 9.17) is 10.2 Å². The number of aryl methyl sites for hydroxylation is 1. The van der Waals surface area contributed by atoms with E-state index in [1.54, 1.807) is 6.26 Å². The summed E-state index contributed by atoms with van der Waals surface area (Å²) in [6.07, 6.45) is 1.66. The van der Waals surface area contributed by atoms with Gasteiger partial charge in [0.1, 0.15) is 11.5 Å². The maximum atomic E-state index is 5.80. The van der Waals surface area contributed by atoms with Crippen molar-refractivity contribution in [1.82, 2.24) is 9.97 Å². The number of imidazole rings is 1. The fourth-order valence-corrected chi connectivity index (χ4v) is 2.01.